The number of H-pyrrole nitrogens is 1. The molecule has 1 atom stereocenters. The van der Waals surface area contributed by atoms with Crippen LogP contribution < -0.4 is 5.32 Å². The minimum absolute atomic E-state index is 0.247. The Morgan fingerprint density at radius 1 is 1.40 bits per heavy atom. The fraction of sp³-hybridized carbons (Fsp3) is 0.450. The van der Waals surface area contributed by atoms with E-state index in [-0.39, 0.29) is 11.3 Å². The topological polar surface area (TPSA) is 108 Å². The SMILES string of the molecule is C=CC(c1cn[nH]n1)S(=O)(=O)N1CC(CNC(=O)c2ccccc2Cl)(CC2CC2)C1. The predicted molar refractivity (Wildman–Crippen MR) is 113 cm³/mol. The molecular weight excluding hydrogens is 426 g/mol. The molecule has 2 aromatic rings. The van der Waals surface area contributed by atoms with E-state index in [2.05, 4.69) is 27.3 Å². The van der Waals surface area contributed by atoms with Gasteiger partial charge in [-0.05, 0) is 24.5 Å². The van der Waals surface area contributed by atoms with Crippen molar-refractivity contribution in [3.8, 4) is 0 Å². The van der Waals surface area contributed by atoms with Crippen molar-refractivity contribution in [3.63, 3.8) is 0 Å². The number of amides is 1. The zero-order chi connectivity index (χ0) is 21.4. The third kappa shape index (κ3) is 4.14. The lowest BCUT2D eigenvalue weighted by atomic mass is 9.76. The molecule has 0 radical (unpaired) electrons. The molecule has 2 fully saturated rings. The number of benzene rings is 1. The zero-order valence-electron chi connectivity index (χ0n) is 16.4. The van der Waals surface area contributed by atoms with E-state index >= 15 is 0 Å². The van der Waals surface area contributed by atoms with Gasteiger partial charge in [-0.25, -0.2) is 8.42 Å². The van der Waals surface area contributed by atoms with Crippen molar-refractivity contribution in [3.05, 3.63) is 59.4 Å². The molecule has 1 saturated heterocycles. The van der Waals surface area contributed by atoms with Gasteiger partial charge in [0.05, 0.1) is 16.8 Å². The van der Waals surface area contributed by atoms with Crippen LogP contribution in [0.1, 0.15) is 40.6 Å². The Morgan fingerprint density at radius 2 is 2.13 bits per heavy atom. The van der Waals surface area contributed by atoms with Crippen molar-refractivity contribution in [1.29, 1.82) is 0 Å². The number of halogens is 1. The van der Waals surface area contributed by atoms with Crippen LogP contribution in [0.3, 0.4) is 0 Å². The number of nitrogens with one attached hydrogen (secondary N) is 2. The predicted octanol–water partition coefficient (Wildman–Crippen LogP) is 2.55. The first kappa shape index (κ1) is 21.0. The summed E-state index contributed by atoms with van der Waals surface area (Å²) in [5, 5.41) is 12.5. The van der Waals surface area contributed by atoms with Crippen LogP contribution in [0.25, 0.3) is 0 Å². The van der Waals surface area contributed by atoms with E-state index in [1.807, 2.05) is 0 Å². The maximum Gasteiger partial charge on any atom is 0.252 e. The van der Waals surface area contributed by atoms with Crippen molar-refractivity contribution in [2.75, 3.05) is 19.6 Å². The maximum atomic E-state index is 13.1. The lowest BCUT2D eigenvalue weighted by Gasteiger charge is -2.50. The van der Waals surface area contributed by atoms with Crippen molar-refractivity contribution in [2.24, 2.45) is 11.3 Å². The van der Waals surface area contributed by atoms with E-state index in [1.165, 1.54) is 16.6 Å². The minimum atomic E-state index is -3.66. The van der Waals surface area contributed by atoms with Crippen molar-refractivity contribution in [1.82, 2.24) is 25.0 Å². The Labute approximate surface area is 180 Å². The maximum absolute atomic E-state index is 13.1. The molecule has 10 heteroatoms. The van der Waals surface area contributed by atoms with Crippen LogP contribution in [0.4, 0.5) is 0 Å². The van der Waals surface area contributed by atoms with Gasteiger partial charge in [0.25, 0.3) is 5.91 Å². The average Bonchev–Trinajstić information content (AvgIpc) is 3.34. The monoisotopic (exact) mass is 449 g/mol. The van der Waals surface area contributed by atoms with E-state index in [4.69, 9.17) is 11.6 Å². The first-order valence-corrected chi connectivity index (χ1v) is 11.7. The number of hydrogen-bond acceptors (Lipinski definition) is 5. The number of aromatic amines is 1. The third-order valence-electron chi connectivity index (χ3n) is 5.80. The summed E-state index contributed by atoms with van der Waals surface area (Å²) in [5.74, 6) is 0.349. The summed E-state index contributed by atoms with van der Waals surface area (Å²) in [4.78, 5) is 12.6. The smallest absolute Gasteiger partial charge is 0.252 e. The standard InChI is InChI=1S/C20H24ClN5O3S/c1-2-18(17-10-23-25-24-17)30(28,29)26-12-20(13-26,9-14-7-8-14)11-22-19(27)15-5-3-4-6-16(15)21/h2-6,10,14,18H,1,7-9,11-13H2,(H,22,27)(H,23,24,25). The fourth-order valence-corrected chi connectivity index (χ4v) is 6.15. The van der Waals surface area contributed by atoms with Crippen LogP contribution in [0.5, 0.6) is 0 Å². The fourth-order valence-electron chi connectivity index (χ4n) is 4.04. The molecular formula is C20H24ClN5O3S. The molecule has 160 valence electrons. The van der Waals surface area contributed by atoms with Gasteiger partial charge in [-0.15, -0.1) is 6.58 Å². The van der Waals surface area contributed by atoms with Gasteiger partial charge in [-0.1, -0.05) is 42.7 Å². The summed E-state index contributed by atoms with van der Waals surface area (Å²) in [7, 11) is -3.66. The van der Waals surface area contributed by atoms with Gasteiger partial charge >= 0.3 is 0 Å². The van der Waals surface area contributed by atoms with E-state index < -0.39 is 15.3 Å². The van der Waals surface area contributed by atoms with Crippen molar-refractivity contribution < 1.29 is 13.2 Å². The van der Waals surface area contributed by atoms with Gasteiger partial charge in [-0.3, -0.25) is 4.79 Å². The van der Waals surface area contributed by atoms with E-state index in [0.717, 1.165) is 19.3 Å². The number of sulfonamides is 1. The highest BCUT2D eigenvalue weighted by Crippen LogP contribution is 2.47. The van der Waals surface area contributed by atoms with E-state index in [1.54, 1.807) is 24.3 Å². The molecule has 1 aliphatic heterocycles. The Kier molecular flexibility index (Phi) is 5.69. The second kappa shape index (κ2) is 8.13. The summed E-state index contributed by atoms with van der Waals surface area (Å²) in [5.41, 5.74) is 0.458. The Balaban J connectivity index is 1.45. The molecule has 0 bridgehead atoms. The summed E-state index contributed by atoms with van der Waals surface area (Å²) >= 11 is 6.12. The van der Waals surface area contributed by atoms with Gasteiger partial charge in [0.15, 0.2) is 0 Å². The van der Waals surface area contributed by atoms with Gasteiger partial charge in [-0.2, -0.15) is 19.7 Å². The quantitative estimate of drug-likeness (QED) is 0.572. The Hall–Kier alpha value is -2.23. The van der Waals surface area contributed by atoms with Crippen LogP contribution in [-0.4, -0.2) is 53.7 Å². The number of hydrogen-bond donors (Lipinski definition) is 2. The molecule has 2 heterocycles. The van der Waals surface area contributed by atoms with E-state index in [9.17, 15) is 13.2 Å². The molecule has 1 aromatic carbocycles. The lowest BCUT2D eigenvalue weighted by Crippen LogP contribution is -2.63. The molecule has 4 rings (SSSR count). The molecule has 1 unspecified atom stereocenters. The third-order valence-corrected chi connectivity index (χ3v) is 8.19. The highest BCUT2D eigenvalue weighted by molar-refractivity contribution is 7.89. The summed E-state index contributed by atoms with van der Waals surface area (Å²) < 4.78 is 27.7. The minimum Gasteiger partial charge on any atom is -0.351 e. The number of rotatable bonds is 9. The number of aromatic nitrogens is 3. The summed E-state index contributed by atoms with van der Waals surface area (Å²) in [6.07, 6.45) is 5.96. The normalized spacial score (nSPS) is 19.6. The number of nitrogens with zero attached hydrogens (tertiary/aromatic N) is 3. The van der Waals surface area contributed by atoms with Gasteiger partial charge in [0.1, 0.15) is 10.9 Å². The first-order valence-electron chi connectivity index (χ1n) is 9.84. The molecule has 30 heavy (non-hydrogen) atoms. The van der Waals surface area contributed by atoms with Crippen LogP contribution in [-0.2, 0) is 10.0 Å². The zero-order valence-corrected chi connectivity index (χ0v) is 18.0. The van der Waals surface area contributed by atoms with Crippen molar-refractivity contribution in [2.45, 2.75) is 24.5 Å². The second-order valence-electron chi connectivity index (χ2n) is 8.17. The molecule has 0 spiro atoms. The molecule has 8 nitrogen and oxygen atoms in total. The van der Waals surface area contributed by atoms with Crippen LogP contribution >= 0.6 is 11.6 Å². The van der Waals surface area contributed by atoms with Gasteiger partial charge in [0.2, 0.25) is 10.0 Å². The molecule has 1 aromatic heterocycles. The summed E-state index contributed by atoms with van der Waals surface area (Å²) in [6, 6.07) is 6.88. The molecule has 1 amide bonds. The number of carbonyl (C=O) groups is 1. The van der Waals surface area contributed by atoms with Crippen molar-refractivity contribution >= 4 is 27.5 Å². The largest absolute Gasteiger partial charge is 0.351 e. The number of carbonyl (C=O) groups excluding carboxylic acids is 1. The van der Waals surface area contributed by atoms with E-state index in [0.29, 0.717) is 41.8 Å². The first-order chi connectivity index (χ1) is 14.3. The second-order valence-corrected chi connectivity index (χ2v) is 10.6. The highest BCUT2D eigenvalue weighted by atomic mass is 35.5. The van der Waals surface area contributed by atoms with Gasteiger partial charge < -0.3 is 5.32 Å². The molecule has 1 saturated carbocycles. The van der Waals surface area contributed by atoms with Crippen LogP contribution in [0, 0.1) is 11.3 Å². The van der Waals surface area contributed by atoms with Crippen LogP contribution in [0.2, 0.25) is 5.02 Å². The molecule has 2 aliphatic rings. The lowest BCUT2D eigenvalue weighted by molar-refractivity contribution is 0.0502. The summed E-state index contributed by atoms with van der Waals surface area (Å²) in [6.45, 7) is 4.78. The van der Waals surface area contributed by atoms with Gasteiger partial charge in [0, 0.05) is 25.0 Å². The highest BCUT2D eigenvalue weighted by Gasteiger charge is 2.52. The van der Waals surface area contributed by atoms with Crippen LogP contribution in [0.15, 0.2) is 43.1 Å². The average molecular weight is 450 g/mol. The Morgan fingerprint density at radius 3 is 2.73 bits per heavy atom. The molecule has 1 aliphatic carbocycles. The molecule has 2 N–H and O–H groups in total. The Bertz CT molecular complexity index is 1030.